The summed E-state index contributed by atoms with van der Waals surface area (Å²) in [5.74, 6) is 0.402. The Morgan fingerprint density at radius 1 is 1.16 bits per heavy atom. The summed E-state index contributed by atoms with van der Waals surface area (Å²) >= 11 is 1.24. The van der Waals surface area contributed by atoms with E-state index < -0.39 is 5.97 Å². The fraction of sp³-hybridized carbons (Fsp3) is 0.308. The van der Waals surface area contributed by atoms with Gasteiger partial charge in [-0.2, -0.15) is 0 Å². The van der Waals surface area contributed by atoms with Gasteiger partial charge >= 0.3 is 5.97 Å². The lowest BCUT2D eigenvalue weighted by atomic mass is 10.2. The highest BCUT2D eigenvalue weighted by Gasteiger charge is 2.13. The predicted molar refractivity (Wildman–Crippen MR) is 78.4 cm³/mol. The fourth-order valence-corrected chi connectivity index (χ4v) is 2.60. The van der Waals surface area contributed by atoms with Gasteiger partial charge in [0.25, 0.3) is 0 Å². The summed E-state index contributed by atoms with van der Waals surface area (Å²) in [6, 6.07) is 5.31. The van der Waals surface area contributed by atoms with E-state index in [-0.39, 0.29) is 12.4 Å². The zero-order valence-corrected chi connectivity index (χ0v) is 12.3. The minimum absolute atomic E-state index is 0. The fourth-order valence-electron chi connectivity index (χ4n) is 1.69. The van der Waals surface area contributed by atoms with Crippen LogP contribution in [0.2, 0.25) is 0 Å². The molecule has 1 N–H and O–H groups in total. The van der Waals surface area contributed by atoms with Gasteiger partial charge in [0, 0.05) is 10.8 Å². The smallest absolute Gasteiger partial charge is 0.345 e. The van der Waals surface area contributed by atoms with Crippen molar-refractivity contribution in [2.24, 2.45) is 0 Å². The van der Waals surface area contributed by atoms with Gasteiger partial charge in [-0.05, 0) is 31.4 Å². The Kier molecular flexibility index (Phi) is 5.44. The number of thiophene rings is 1. The topological polar surface area (TPSA) is 55.8 Å². The van der Waals surface area contributed by atoms with Crippen molar-refractivity contribution in [3.63, 3.8) is 0 Å². The number of hydrogen-bond acceptors (Lipinski definition) is 4. The van der Waals surface area contributed by atoms with Crippen molar-refractivity contribution in [2.45, 2.75) is 13.8 Å². The maximum absolute atomic E-state index is 10.9. The van der Waals surface area contributed by atoms with Crippen LogP contribution in [-0.2, 0) is 0 Å². The third kappa shape index (κ3) is 3.30. The van der Waals surface area contributed by atoms with Crippen LogP contribution in [0, 0.1) is 0 Å². The molecule has 2 aromatic rings. The summed E-state index contributed by atoms with van der Waals surface area (Å²) in [6.45, 7) is 4.89. The van der Waals surface area contributed by atoms with Gasteiger partial charge in [0.1, 0.15) is 4.88 Å². The highest BCUT2D eigenvalue weighted by Crippen LogP contribution is 2.36. The Morgan fingerprint density at radius 3 is 2.26 bits per heavy atom. The van der Waals surface area contributed by atoms with E-state index >= 15 is 0 Å². The molecule has 6 heteroatoms. The molecule has 4 nitrogen and oxygen atoms in total. The van der Waals surface area contributed by atoms with Gasteiger partial charge in [-0.3, -0.25) is 0 Å². The zero-order chi connectivity index (χ0) is 13.1. The Bertz CT molecular complexity index is 536. The normalized spacial score (nSPS) is 10.0. The molecule has 0 unspecified atom stereocenters. The molecule has 1 aromatic carbocycles. The lowest BCUT2D eigenvalue weighted by Crippen LogP contribution is -1.97. The van der Waals surface area contributed by atoms with Crippen molar-refractivity contribution in [1.29, 1.82) is 0 Å². The molecule has 0 saturated heterocycles. The van der Waals surface area contributed by atoms with Crippen LogP contribution in [-0.4, -0.2) is 24.3 Å². The van der Waals surface area contributed by atoms with Crippen molar-refractivity contribution in [2.75, 3.05) is 13.2 Å². The average molecular weight is 303 g/mol. The molecule has 2 rings (SSSR count). The van der Waals surface area contributed by atoms with Gasteiger partial charge in [-0.15, -0.1) is 23.7 Å². The van der Waals surface area contributed by atoms with Gasteiger partial charge in [0.2, 0.25) is 0 Å². The number of aromatic carboxylic acids is 1. The van der Waals surface area contributed by atoms with Gasteiger partial charge in [-0.1, -0.05) is 0 Å². The lowest BCUT2D eigenvalue weighted by molar-refractivity contribution is 0.0702. The molecule has 0 radical (unpaired) electrons. The summed E-state index contributed by atoms with van der Waals surface area (Å²) < 4.78 is 11.9. The van der Waals surface area contributed by atoms with Crippen LogP contribution in [0.15, 0.2) is 18.2 Å². The summed E-state index contributed by atoms with van der Waals surface area (Å²) in [5.41, 5.74) is 0. The molecule has 0 aliphatic rings. The van der Waals surface area contributed by atoms with Crippen LogP contribution in [0.1, 0.15) is 23.5 Å². The first-order chi connectivity index (χ1) is 8.65. The second kappa shape index (κ2) is 6.63. The largest absolute Gasteiger partial charge is 0.490 e. The molecular formula is C13H15ClO4S. The molecule has 0 saturated carbocycles. The Hall–Kier alpha value is -1.46. The monoisotopic (exact) mass is 302 g/mol. The number of carbonyl (C=O) groups is 1. The summed E-state index contributed by atoms with van der Waals surface area (Å²) in [4.78, 5) is 11.3. The van der Waals surface area contributed by atoms with Crippen molar-refractivity contribution < 1.29 is 19.4 Å². The molecule has 0 aliphatic heterocycles. The molecule has 0 amide bonds. The van der Waals surface area contributed by atoms with Crippen LogP contribution in [0.5, 0.6) is 11.5 Å². The number of ether oxygens (including phenoxy) is 2. The Labute approximate surface area is 121 Å². The molecule has 1 heterocycles. The summed E-state index contributed by atoms with van der Waals surface area (Å²) in [7, 11) is 0. The van der Waals surface area contributed by atoms with E-state index in [1.165, 1.54) is 11.3 Å². The molecule has 0 atom stereocenters. The quantitative estimate of drug-likeness (QED) is 0.912. The van der Waals surface area contributed by atoms with E-state index in [0.717, 1.165) is 10.1 Å². The molecule has 0 fully saturated rings. The first kappa shape index (κ1) is 15.6. The molecule has 19 heavy (non-hydrogen) atoms. The van der Waals surface area contributed by atoms with E-state index in [0.29, 0.717) is 29.6 Å². The van der Waals surface area contributed by atoms with Gasteiger partial charge in [0.05, 0.1) is 13.2 Å². The number of carboxylic acid groups (broad SMARTS) is 1. The average Bonchev–Trinajstić information content (AvgIpc) is 2.73. The number of hydrogen-bond donors (Lipinski definition) is 1. The minimum atomic E-state index is -0.910. The molecule has 104 valence electrons. The molecular weight excluding hydrogens is 288 g/mol. The zero-order valence-electron chi connectivity index (χ0n) is 10.6. The van der Waals surface area contributed by atoms with Crippen LogP contribution < -0.4 is 9.47 Å². The second-order valence-electron chi connectivity index (χ2n) is 3.62. The molecule has 0 spiro atoms. The maximum atomic E-state index is 10.9. The van der Waals surface area contributed by atoms with Crippen molar-refractivity contribution in [3.05, 3.63) is 23.1 Å². The van der Waals surface area contributed by atoms with Gasteiger partial charge in [-0.25, -0.2) is 4.79 Å². The summed E-state index contributed by atoms with van der Waals surface area (Å²) in [5, 5.41) is 9.84. The van der Waals surface area contributed by atoms with Crippen LogP contribution >= 0.6 is 23.7 Å². The number of fused-ring (bicyclic) bond motifs is 1. The van der Waals surface area contributed by atoms with Crippen molar-refractivity contribution in [3.8, 4) is 11.5 Å². The first-order valence-electron chi connectivity index (χ1n) is 5.72. The lowest BCUT2D eigenvalue weighted by Gasteiger charge is -2.10. The van der Waals surface area contributed by atoms with E-state index in [2.05, 4.69) is 0 Å². The van der Waals surface area contributed by atoms with E-state index in [1.54, 1.807) is 6.07 Å². The third-order valence-electron chi connectivity index (χ3n) is 2.39. The highest BCUT2D eigenvalue weighted by molar-refractivity contribution is 7.20. The van der Waals surface area contributed by atoms with E-state index in [4.69, 9.17) is 14.6 Å². The predicted octanol–water partition coefficient (Wildman–Crippen LogP) is 3.82. The molecule has 0 aliphatic carbocycles. The number of rotatable bonds is 5. The number of halogens is 1. The van der Waals surface area contributed by atoms with E-state index in [9.17, 15) is 4.79 Å². The Balaban J connectivity index is 0.00000180. The SMILES string of the molecule is CCOc1cc2cc(C(=O)O)sc2cc1OCC.Cl. The van der Waals surface area contributed by atoms with Gasteiger partial charge in [0.15, 0.2) is 11.5 Å². The summed E-state index contributed by atoms with van der Waals surface area (Å²) in [6.07, 6.45) is 0. The van der Waals surface area contributed by atoms with Crippen molar-refractivity contribution in [1.82, 2.24) is 0 Å². The van der Waals surface area contributed by atoms with Crippen LogP contribution in [0.4, 0.5) is 0 Å². The second-order valence-corrected chi connectivity index (χ2v) is 4.70. The maximum Gasteiger partial charge on any atom is 0.345 e. The van der Waals surface area contributed by atoms with Crippen molar-refractivity contribution >= 4 is 39.8 Å². The third-order valence-corrected chi connectivity index (χ3v) is 3.48. The van der Waals surface area contributed by atoms with Crippen LogP contribution in [0.3, 0.4) is 0 Å². The first-order valence-corrected chi connectivity index (χ1v) is 6.53. The van der Waals surface area contributed by atoms with Crippen LogP contribution in [0.25, 0.3) is 10.1 Å². The highest BCUT2D eigenvalue weighted by atomic mass is 35.5. The molecule has 0 bridgehead atoms. The molecule has 1 aromatic heterocycles. The van der Waals surface area contributed by atoms with E-state index in [1.807, 2.05) is 26.0 Å². The minimum Gasteiger partial charge on any atom is -0.490 e. The standard InChI is InChI=1S/C13H14O4S.ClH/c1-3-16-9-5-8-6-12(13(14)15)18-11(8)7-10(9)17-4-2;/h5-7H,3-4H2,1-2H3,(H,14,15);1H. The number of carboxylic acids is 1. The number of benzene rings is 1. The van der Waals surface area contributed by atoms with Gasteiger partial charge < -0.3 is 14.6 Å². The Morgan fingerprint density at radius 2 is 1.74 bits per heavy atom.